The molecule has 0 aromatic heterocycles. The van der Waals surface area contributed by atoms with Crippen molar-refractivity contribution in [2.24, 2.45) is 4.99 Å². The van der Waals surface area contributed by atoms with E-state index < -0.39 is 0 Å². The molecule has 0 spiro atoms. The van der Waals surface area contributed by atoms with Crippen LogP contribution >= 0.6 is 0 Å². The molecule has 1 heterocycles. The molecule has 1 aliphatic rings. The van der Waals surface area contributed by atoms with E-state index in [0.29, 0.717) is 0 Å². The van der Waals surface area contributed by atoms with Crippen LogP contribution in [0.3, 0.4) is 0 Å². The Morgan fingerprint density at radius 3 is 2.13 bits per heavy atom. The first-order chi connectivity index (χ1) is 14.8. The smallest absolute Gasteiger partial charge is 0.143 e. The monoisotopic (exact) mass is 402 g/mol. The fourth-order valence-corrected chi connectivity index (χ4v) is 3.58. The summed E-state index contributed by atoms with van der Waals surface area (Å²) in [6, 6.07) is 21.4. The van der Waals surface area contributed by atoms with Gasteiger partial charge in [-0.2, -0.15) is 0 Å². The second-order valence-corrected chi connectivity index (χ2v) is 7.13. The van der Waals surface area contributed by atoms with E-state index in [2.05, 4.69) is 9.89 Å². The van der Waals surface area contributed by atoms with Gasteiger partial charge in [0, 0.05) is 30.9 Å². The number of hydrogen-bond donors (Lipinski definition) is 0. The van der Waals surface area contributed by atoms with Crippen LogP contribution in [0.25, 0.3) is 0 Å². The average molecular weight is 402 g/mol. The van der Waals surface area contributed by atoms with Gasteiger partial charge in [-0.15, -0.1) is 0 Å². The normalized spacial score (nSPS) is 13.6. The van der Waals surface area contributed by atoms with Crippen molar-refractivity contribution in [2.45, 2.75) is 12.8 Å². The standard InChI is InChI=1S/C25H26N2O3/c1-28-24-17-23(27-14-6-7-15-27)25(29-2)16-19(24)18-26-20-10-12-22(13-11-20)30-21-8-4-3-5-9-21/h3-5,8-13,16-18H,6-7,14-15H2,1-2H3. The highest BCUT2D eigenvalue weighted by molar-refractivity contribution is 5.88. The molecule has 0 unspecified atom stereocenters. The fourth-order valence-electron chi connectivity index (χ4n) is 3.58. The maximum atomic E-state index is 5.83. The van der Waals surface area contributed by atoms with Gasteiger partial charge in [-0.3, -0.25) is 4.99 Å². The van der Waals surface area contributed by atoms with Gasteiger partial charge in [0.25, 0.3) is 0 Å². The van der Waals surface area contributed by atoms with E-state index in [0.717, 1.165) is 53.0 Å². The molecule has 1 saturated heterocycles. The second kappa shape index (κ2) is 9.35. The molecule has 0 N–H and O–H groups in total. The second-order valence-electron chi connectivity index (χ2n) is 7.13. The lowest BCUT2D eigenvalue weighted by Gasteiger charge is -2.22. The van der Waals surface area contributed by atoms with E-state index in [-0.39, 0.29) is 0 Å². The number of aliphatic imine (C=N–C) groups is 1. The van der Waals surface area contributed by atoms with Crippen LogP contribution in [0.1, 0.15) is 18.4 Å². The molecule has 0 bridgehead atoms. The fraction of sp³-hybridized carbons (Fsp3) is 0.240. The summed E-state index contributed by atoms with van der Waals surface area (Å²) in [6.45, 7) is 2.09. The highest BCUT2D eigenvalue weighted by atomic mass is 16.5. The summed E-state index contributed by atoms with van der Waals surface area (Å²) < 4.78 is 17.1. The van der Waals surface area contributed by atoms with E-state index in [9.17, 15) is 0 Å². The van der Waals surface area contributed by atoms with Crippen molar-refractivity contribution >= 4 is 17.6 Å². The van der Waals surface area contributed by atoms with Crippen LogP contribution in [0.15, 0.2) is 71.7 Å². The zero-order chi connectivity index (χ0) is 20.8. The maximum Gasteiger partial charge on any atom is 0.143 e. The maximum absolute atomic E-state index is 5.83. The topological polar surface area (TPSA) is 43.3 Å². The van der Waals surface area contributed by atoms with E-state index >= 15 is 0 Å². The highest BCUT2D eigenvalue weighted by Crippen LogP contribution is 2.36. The molecule has 5 heteroatoms. The van der Waals surface area contributed by atoms with Gasteiger partial charge in [-0.25, -0.2) is 0 Å². The number of nitrogens with zero attached hydrogens (tertiary/aromatic N) is 2. The lowest BCUT2D eigenvalue weighted by Crippen LogP contribution is -2.18. The molecule has 5 nitrogen and oxygen atoms in total. The van der Waals surface area contributed by atoms with Gasteiger partial charge < -0.3 is 19.1 Å². The van der Waals surface area contributed by atoms with Crippen molar-refractivity contribution in [3.8, 4) is 23.0 Å². The minimum absolute atomic E-state index is 0.773. The number of ether oxygens (including phenoxy) is 3. The van der Waals surface area contributed by atoms with E-state index in [4.69, 9.17) is 14.2 Å². The van der Waals surface area contributed by atoms with Crippen molar-refractivity contribution in [3.63, 3.8) is 0 Å². The number of methoxy groups -OCH3 is 2. The molecule has 0 amide bonds. The van der Waals surface area contributed by atoms with E-state index in [1.54, 1.807) is 14.2 Å². The van der Waals surface area contributed by atoms with Crippen LogP contribution in [0.2, 0.25) is 0 Å². The average Bonchev–Trinajstić information content (AvgIpc) is 3.33. The lowest BCUT2D eigenvalue weighted by molar-refractivity contribution is 0.402. The number of para-hydroxylation sites is 1. The Balaban J connectivity index is 1.52. The molecule has 1 aliphatic heterocycles. The third-order valence-corrected chi connectivity index (χ3v) is 5.15. The van der Waals surface area contributed by atoms with Crippen LogP contribution < -0.4 is 19.1 Å². The zero-order valence-corrected chi connectivity index (χ0v) is 17.4. The summed E-state index contributed by atoms with van der Waals surface area (Å²) in [7, 11) is 3.39. The highest BCUT2D eigenvalue weighted by Gasteiger charge is 2.19. The van der Waals surface area contributed by atoms with Crippen LogP contribution in [0, 0.1) is 0 Å². The Morgan fingerprint density at radius 2 is 1.47 bits per heavy atom. The quantitative estimate of drug-likeness (QED) is 0.465. The summed E-state index contributed by atoms with van der Waals surface area (Å²) in [5, 5.41) is 0. The summed E-state index contributed by atoms with van der Waals surface area (Å²) in [6.07, 6.45) is 4.22. The van der Waals surface area contributed by atoms with Crippen molar-refractivity contribution in [1.29, 1.82) is 0 Å². The molecule has 30 heavy (non-hydrogen) atoms. The Kier molecular flexibility index (Phi) is 6.18. The predicted molar refractivity (Wildman–Crippen MR) is 121 cm³/mol. The molecular weight excluding hydrogens is 376 g/mol. The summed E-state index contributed by atoms with van der Waals surface area (Å²) in [5.41, 5.74) is 2.79. The van der Waals surface area contributed by atoms with Crippen molar-refractivity contribution < 1.29 is 14.2 Å². The van der Waals surface area contributed by atoms with Gasteiger partial charge >= 0.3 is 0 Å². The molecule has 3 aromatic carbocycles. The Hall–Kier alpha value is -3.47. The molecule has 3 aromatic rings. The third kappa shape index (κ3) is 4.57. The SMILES string of the molecule is COc1cc(N2CCCC2)c(OC)cc1C=Nc1ccc(Oc2ccccc2)cc1. The molecular formula is C25H26N2O3. The Morgan fingerprint density at radius 1 is 0.800 bits per heavy atom. The van der Waals surface area contributed by atoms with Crippen molar-refractivity contribution in [2.75, 3.05) is 32.2 Å². The van der Waals surface area contributed by atoms with Gasteiger partial charge in [0.15, 0.2) is 0 Å². The minimum Gasteiger partial charge on any atom is -0.496 e. The molecule has 0 atom stereocenters. The molecule has 154 valence electrons. The predicted octanol–water partition coefficient (Wildman–Crippen LogP) is 5.85. The van der Waals surface area contributed by atoms with Gasteiger partial charge in [0.2, 0.25) is 0 Å². The van der Waals surface area contributed by atoms with E-state index in [1.165, 1.54) is 12.8 Å². The first-order valence-corrected chi connectivity index (χ1v) is 10.1. The Labute approximate surface area is 177 Å². The van der Waals surface area contributed by atoms with Crippen molar-refractivity contribution in [1.82, 2.24) is 0 Å². The zero-order valence-electron chi connectivity index (χ0n) is 17.4. The first kappa shape index (κ1) is 19.8. The van der Waals surface area contributed by atoms with Crippen LogP contribution in [-0.4, -0.2) is 33.5 Å². The van der Waals surface area contributed by atoms with E-state index in [1.807, 2.05) is 72.9 Å². The molecule has 0 aliphatic carbocycles. The Bertz CT molecular complexity index is 995. The summed E-state index contributed by atoms with van der Waals surface area (Å²) >= 11 is 0. The molecule has 4 rings (SSSR count). The molecule has 1 fully saturated rings. The first-order valence-electron chi connectivity index (χ1n) is 10.1. The largest absolute Gasteiger partial charge is 0.496 e. The van der Waals surface area contributed by atoms with Gasteiger partial charge in [-0.1, -0.05) is 18.2 Å². The van der Waals surface area contributed by atoms with Crippen LogP contribution in [-0.2, 0) is 0 Å². The van der Waals surface area contributed by atoms with Gasteiger partial charge in [-0.05, 0) is 55.3 Å². The number of rotatable bonds is 7. The number of benzene rings is 3. The third-order valence-electron chi connectivity index (χ3n) is 5.15. The number of hydrogen-bond acceptors (Lipinski definition) is 5. The minimum atomic E-state index is 0.773. The lowest BCUT2D eigenvalue weighted by atomic mass is 10.1. The number of anilines is 1. The molecule has 0 saturated carbocycles. The van der Waals surface area contributed by atoms with Gasteiger partial charge in [0.05, 0.1) is 25.6 Å². The van der Waals surface area contributed by atoms with Gasteiger partial charge in [0.1, 0.15) is 23.0 Å². The van der Waals surface area contributed by atoms with Crippen molar-refractivity contribution in [3.05, 3.63) is 72.3 Å². The molecule has 0 radical (unpaired) electrons. The summed E-state index contributed by atoms with van der Waals surface area (Å²) in [5.74, 6) is 3.20. The summed E-state index contributed by atoms with van der Waals surface area (Å²) in [4.78, 5) is 6.95. The van der Waals surface area contributed by atoms with Crippen LogP contribution in [0.4, 0.5) is 11.4 Å². The van der Waals surface area contributed by atoms with Crippen LogP contribution in [0.5, 0.6) is 23.0 Å².